The molecule has 7 heteroatoms. The summed E-state index contributed by atoms with van der Waals surface area (Å²) < 4.78 is 1.35. The van der Waals surface area contributed by atoms with Gasteiger partial charge in [-0.3, -0.25) is 15.0 Å². The number of benzene rings is 2. The van der Waals surface area contributed by atoms with Gasteiger partial charge in [0.25, 0.3) is 11.8 Å². The van der Waals surface area contributed by atoms with Crippen molar-refractivity contribution in [1.29, 1.82) is 0 Å². The Hall–Kier alpha value is -3.48. The molecule has 2 aromatic carbocycles. The second-order valence-electron chi connectivity index (χ2n) is 5.21. The molecule has 7 nitrogen and oxygen atoms in total. The van der Waals surface area contributed by atoms with Crippen LogP contribution in [0.15, 0.2) is 61.2 Å². The molecule has 1 heterocycles. The number of hydrogen-bond acceptors (Lipinski definition) is 4. The lowest BCUT2D eigenvalue weighted by atomic mass is 10.1. The second kappa shape index (κ2) is 6.74. The van der Waals surface area contributed by atoms with E-state index in [1.165, 1.54) is 17.3 Å². The van der Waals surface area contributed by atoms with Crippen LogP contribution in [-0.4, -0.2) is 26.7 Å². The summed E-state index contributed by atoms with van der Waals surface area (Å²) >= 11 is 0. The summed E-state index contributed by atoms with van der Waals surface area (Å²) in [6.45, 7) is 1.92. The van der Waals surface area contributed by atoms with Crippen LogP contribution in [0.3, 0.4) is 0 Å². The molecular formula is C17H15N5O2. The number of rotatable bonds is 4. The molecule has 0 spiro atoms. The van der Waals surface area contributed by atoms with Crippen molar-refractivity contribution in [3.05, 3.63) is 77.9 Å². The van der Waals surface area contributed by atoms with E-state index in [0.29, 0.717) is 16.8 Å². The Morgan fingerprint density at radius 1 is 0.917 bits per heavy atom. The van der Waals surface area contributed by atoms with Crippen LogP contribution < -0.4 is 10.7 Å². The molecule has 3 aromatic rings. The van der Waals surface area contributed by atoms with Gasteiger partial charge in [0.15, 0.2) is 0 Å². The minimum absolute atomic E-state index is 0.227. The maximum atomic E-state index is 12.3. The Morgan fingerprint density at radius 3 is 2.29 bits per heavy atom. The van der Waals surface area contributed by atoms with Crippen molar-refractivity contribution in [2.24, 2.45) is 0 Å². The summed E-state index contributed by atoms with van der Waals surface area (Å²) in [6.07, 6.45) is 2.75. The van der Waals surface area contributed by atoms with Crippen molar-refractivity contribution >= 4 is 17.5 Å². The van der Waals surface area contributed by atoms with Gasteiger partial charge in [-0.25, -0.2) is 4.68 Å². The van der Waals surface area contributed by atoms with Gasteiger partial charge in [0.2, 0.25) is 0 Å². The minimum atomic E-state index is -0.332. The van der Waals surface area contributed by atoms with Crippen molar-refractivity contribution < 1.29 is 9.59 Å². The quantitative estimate of drug-likeness (QED) is 0.771. The lowest BCUT2D eigenvalue weighted by Crippen LogP contribution is -2.21. The van der Waals surface area contributed by atoms with Crippen LogP contribution in [0.25, 0.3) is 0 Å². The largest absolute Gasteiger partial charge is 0.322 e. The molecule has 1 aromatic heterocycles. The van der Waals surface area contributed by atoms with Crippen LogP contribution in [0.2, 0.25) is 0 Å². The van der Waals surface area contributed by atoms with E-state index in [1.54, 1.807) is 36.4 Å². The first-order valence-corrected chi connectivity index (χ1v) is 7.26. The van der Waals surface area contributed by atoms with Crippen LogP contribution in [0.1, 0.15) is 26.3 Å². The van der Waals surface area contributed by atoms with Gasteiger partial charge in [0, 0.05) is 16.8 Å². The van der Waals surface area contributed by atoms with Crippen LogP contribution in [0.5, 0.6) is 0 Å². The van der Waals surface area contributed by atoms with Crippen molar-refractivity contribution in [2.45, 2.75) is 6.92 Å². The number of aryl methyl sites for hydroxylation is 1. The molecule has 0 aliphatic rings. The third kappa shape index (κ3) is 3.64. The lowest BCUT2D eigenvalue weighted by molar-refractivity contribution is 0.100. The number of nitrogens with zero attached hydrogens (tertiary/aromatic N) is 3. The molecule has 0 saturated heterocycles. The van der Waals surface area contributed by atoms with Crippen molar-refractivity contribution in [3.63, 3.8) is 0 Å². The Bertz CT molecular complexity index is 874. The predicted molar refractivity (Wildman–Crippen MR) is 89.3 cm³/mol. The van der Waals surface area contributed by atoms with Gasteiger partial charge in [-0.1, -0.05) is 23.8 Å². The summed E-state index contributed by atoms with van der Waals surface area (Å²) in [7, 11) is 0. The van der Waals surface area contributed by atoms with E-state index < -0.39 is 0 Å². The van der Waals surface area contributed by atoms with Crippen molar-refractivity contribution in [1.82, 2.24) is 14.9 Å². The van der Waals surface area contributed by atoms with Crippen LogP contribution >= 0.6 is 0 Å². The standard InChI is InChI=1S/C17H15N5O2/c1-12-4-2-5-13(8-12)16(23)20-15-7-3-6-14(9-15)17(24)21-22-10-18-19-11-22/h2-11H,1H3,(H,20,23)(H,21,24). The highest BCUT2D eigenvalue weighted by Crippen LogP contribution is 2.13. The van der Waals surface area contributed by atoms with Crippen LogP contribution in [-0.2, 0) is 0 Å². The topological polar surface area (TPSA) is 88.9 Å². The Balaban J connectivity index is 1.73. The molecule has 0 aliphatic carbocycles. The first-order valence-electron chi connectivity index (χ1n) is 7.26. The summed E-state index contributed by atoms with van der Waals surface area (Å²) in [4.78, 5) is 24.4. The van der Waals surface area contributed by atoms with E-state index in [9.17, 15) is 9.59 Å². The molecule has 0 fully saturated rings. The minimum Gasteiger partial charge on any atom is -0.322 e. The molecule has 0 bridgehead atoms. The lowest BCUT2D eigenvalue weighted by Gasteiger charge is -2.08. The fourth-order valence-electron chi connectivity index (χ4n) is 2.17. The maximum Gasteiger partial charge on any atom is 0.270 e. The highest BCUT2D eigenvalue weighted by atomic mass is 16.2. The number of amides is 2. The SMILES string of the molecule is Cc1cccc(C(=O)Nc2cccc(C(=O)Nn3cnnc3)c2)c1. The Labute approximate surface area is 138 Å². The van der Waals surface area contributed by atoms with E-state index in [2.05, 4.69) is 20.9 Å². The fourth-order valence-corrected chi connectivity index (χ4v) is 2.17. The normalized spacial score (nSPS) is 10.2. The van der Waals surface area contributed by atoms with Crippen LogP contribution in [0.4, 0.5) is 5.69 Å². The first kappa shape index (κ1) is 15.4. The maximum absolute atomic E-state index is 12.3. The number of carbonyl (C=O) groups excluding carboxylic acids is 2. The average Bonchev–Trinajstić information content (AvgIpc) is 3.08. The smallest absolute Gasteiger partial charge is 0.270 e. The molecule has 0 aliphatic heterocycles. The molecule has 0 saturated carbocycles. The zero-order valence-corrected chi connectivity index (χ0v) is 12.9. The number of carbonyl (C=O) groups is 2. The predicted octanol–water partition coefficient (Wildman–Crippen LogP) is 2.22. The van der Waals surface area contributed by atoms with Crippen molar-refractivity contribution in [2.75, 3.05) is 10.7 Å². The van der Waals surface area contributed by atoms with E-state index in [4.69, 9.17) is 0 Å². The number of hydrogen-bond donors (Lipinski definition) is 2. The third-order valence-electron chi connectivity index (χ3n) is 3.31. The second-order valence-corrected chi connectivity index (χ2v) is 5.21. The monoisotopic (exact) mass is 321 g/mol. The van der Waals surface area contributed by atoms with Gasteiger partial charge in [-0.05, 0) is 37.3 Å². The molecule has 3 rings (SSSR count). The van der Waals surface area contributed by atoms with Crippen molar-refractivity contribution in [3.8, 4) is 0 Å². The molecule has 2 N–H and O–H groups in total. The number of anilines is 1. The molecule has 0 atom stereocenters. The fraction of sp³-hybridized carbons (Fsp3) is 0.0588. The van der Waals surface area contributed by atoms with E-state index in [-0.39, 0.29) is 11.8 Å². The van der Waals surface area contributed by atoms with Gasteiger partial charge in [0.05, 0.1) is 0 Å². The Kier molecular flexibility index (Phi) is 4.33. The van der Waals surface area contributed by atoms with Gasteiger partial charge in [0.1, 0.15) is 12.7 Å². The summed E-state index contributed by atoms with van der Waals surface area (Å²) in [6, 6.07) is 14.0. The van der Waals surface area contributed by atoms with E-state index in [1.807, 2.05) is 19.1 Å². The van der Waals surface area contributed by atoms with E-state index >= 15 is 0 Å². The zero-order valence-electron chi connectivity index (χ0n) is 12.9. The highest BCUT2D eigenvalue weighted by molar-refractivity contribution is 6.06. The number of nitrogens with one attached hydrogen (secondary N) is 2. The molecular weight excluding hydrogens is 306 g/mol. The van der Waals surface area contributed by atoms with Gasteiger partial charge >= 0.3 is 0 Å². The first-order chi connectivity index (χ1) is 11.6. The molecule has 120 valence electrons. The molecule has 24 heavy (non-hydrogen) atoms. The molecule has 0 unspecified atom stereocenters. The van der Waals surface area contributed by atoms with Gasteiger partial charge in [-0.2, -0.15) is 0 Å². The summed E-state index contributed by atoms with van der Waals surface area (Å²) in [5, 5.41) is 10.0. The summed E-state index contributed by atoms with van der Waals surface area (Å²) in [5.74, 6) is -0.559. The zero-order chi connectivity index (χ0) is 16.9. The molecule has 2 amide bonds. The molecule has 0 radical (unpaired) electrons. The van der Waals surface area contributed by atoms with Gasteiger partial charge in [-0.15, -0.1) is 10.2 Å². The van der Waals surface area contributed by atoms with E-state index in [0.717, 1.165) is 5.56 Å². The van der Waals surface area contributed by atoms with Crippen LogP contribution in [0, 0.1) is 6.92 Å². The highest BCUT2D eigenvalue weighted by Gasteiger charge is 2.10. The van der Waals surface area contributed by atoms with Gasteiger partial charge < -0.3 is 5.32 Å². The Morgan fingerprint density at radius 2 is 1.58 bits per heavy atom. The average molecular weight is 321 g/mol. The number of aromatic nitrogens is 3. The third-order valence-corrected chi connectivity index (χ3v) is 3.31. The summed E-state index contributed by atoms with van der Waals surface area (Å²) in [5.41, 5.74) is 5.11.